The predicted octanol–water partition coefficient (Wildman–Crippen LogP) is 1.50. The van der Waals surface area contributed by atoms with E-state index >= 15 is 0 Å². The van der Waals surface area contributed by atoms with Crippen LogP contribution in [0.5, 0.6) is 0 Å². The summed E-state index contributed by atoms with van der Waals surface area (Å²) < 4.78 is 29.2. The minimum atomic E-state index is -3.33. The van der Waals surface area contributed by atoms with Crippen molar-refractivity contribution in [2.24, 2.45) is 5.92 Å². The second-order valence-electron chi connectivity index (χ2n) is 7.53. The Labute approximate surface area is 150 Å². The normalized spacial score (nSPS) is 23.3. The maximum absolute atomic E-state index is 12.4. The van der Waals surface area contributed by atoms with Gasteiger partial charge in [0.2, 0.25) is 0 Å². The first-order valence-electron chi connectivity index (χ1n) is 9.45. The Bertz CT molecular complexity index is 675. The fourth-order valence-electron chi connectivity index (χ4n) is 3.58. The molecule has 1 N–H and O–H groups in total. The summed E-state index contributed by atoms with van der Waals surface area (Å²) in [6.45, 7) is 3.47. The molecule has 8 heteroatoms. The lowest BCUT2D eigenvalue weighted by Gasteiger charge is -2.40. The lowest BCUT2D eigenvalue weighted by atomic mass is 10.0. The van der Waals surface area contributed by atoms with Crippen LogP contribution in [0.15, 0.2) is 12.1 Å². The second kappa shape index (κ2) is 7.17. The van der Waals surface area contributed by atoms with Crippen molar-refractivity contribution >= 4 is 16.0 Å². The quantitative estimate of drug-likeness (QED) is 0.827. The second-order valence-corrected chi connectivity index (χ2v) is 9.28. The zero-order valence-electron chi connectivity index (χ0n) is 14.6. The summed E-state index contributed by atoms with van der Waals surface area (Å²) in [5, 5.41) is 8.63. The molecular formula is C17H27N5O2S. The summed E-state index contributed by atoms with van der Waals surface area (Å²) in [5.74, 6) is 1.86. The molecule has 1 aromatic rings. The smallest absolute Gasteiger partial charge is 0.279 e. The monoisotopic (exact) mass is 365 g/mol. The summed E-state index contributed by atoms with van der Waals surface area (Å²) in [6, 6.07) is 4.12. The Morgan fingerprint density at radius 1 is 1.04 bits per heavy atom. The number of anilines is 1. The van der Waals surface area contributed by atoms with E-state index in [2.05, 4.69) is 25.9 Å². The van der Waals surface area contributed by atoms with E-state index in [1.54, 1.807) is 4.31 Å². The molecule has 4 rings (SSSR count). The molecule has 0 atom stereocenters. The van der Waals surface area contributed by atoms with Crippen molar-refractivity contribution in [2.45, 2.75) is 44.4 Å². The van der Waals surface area contributed by atoms with Crippen LogP contribution in [-0.4, -0.2) is 55.6 Å². The van der Waals surface area contributed by atoms with Gasteiger partial charge < -0.3 is 4.90 Å². The third-order valence-electron chi connectivity index (χ3n) is 5.41. The van der Waals surface area contributed by atoms with Gasteiger partial charge in [-0.25, -0.2) is 4.72 Å². The van der Waals surface area contributed by atoms with E-state index in [-0.39, 0.29) is 0 Å². The van der Waals surface area contributed by atoms with Gasteiger partial charge in [-0.3, -0.25) is 0 Å². The maximum atomic E-state index is 12.4. The van der Waals surface area contributed by atoms with Crippen molar-refractivity contribution in [3.05, 3.63) is 17.8 Å². The summed E-state index contributed by atoms with van der Waals surface area (Å²) in [4.78, 5) is 2.16. The molecule has 7 nitrogen and oxygen atoms in total. The van der Waals surface area contributed by atoms with Crippen LogP contribution in [0.4, 0.5) is 5.82 Å². The van der Waals surface area contributed by atoms with Crippen LogP contribution in [0.2, 0.25) is 0 Å². The Balaban J connectivity index is 1.23. The Morgan fingerprint density at radius 3 is 2.36 bits per heavy atom. The van der Waals surface area contributed by atoms with E-state index in [0.717, 1.165) is 50.3 Å². The van der Waals surface area contributed by atoms with Crippen LogP contribution in [0.1, 0.15) is 50.1 Å². The summed E-state index contributed by atoms with van der Waals surface area (Å²) >= 11 is 0. The molecule has 1 aliphatic carbocycles. The van der Waals surface area contributed by atoms with Crippen molar-refractivity contribution in [1.29, 1.82) is 0 Å². The van der Waals surface area contributed by atoms with E-state index in [1.165, 1.54) is 12.8 Å². The number of aromatic nitrogens is 2. The van der Waals surface area contributed by atoms with Crippen molar-refractivity contribution in [1.82, 2.24) is 19.2 Å². The minimum Gasteiger partial charge on any atom is -0.354 e. The number of hydrogen-bond donors (Lipinski definition) is 1. The molecule has 138 valence electrons. The first kappa shape index (κ1) is 17.2. The van der Waals surface area contributed by atoms with Crippen molar-refractivity contribution in [3.8, 4) is 0 Å². The molecular weight excluding hydrogens is 338 g/mol. The predicted molar refractivity (Wildman–Crippen MR) is 96.7 cm³/mol. The maximum Gasteiger partial charge on any atom is 0.279 e. The molecule has 0 aromatic carbocycles. The molecule has 1 aromatic heterocycles. The summed E-state index contributed by atoms with van der Waals surface area (Å²) in [6.07, 6.45) is 6.66. The zero-order valence-corrected chi connectivity index (χ0v) is 15.4. The number of hydrogen-bond acceptors (Lipinski definition) is 5. The molecule has 0 unspecified atom stereocenters. The molecule has 1 saturated carbocycles. The fourth-order valence-corrected chi connectivity index (χ4v) is 4.95. The molecule has 0 amide bonds. The lowest BCUT2D eigenvalue weighted by Crippen LogP contribution is -2.53. The van der Waals surface area contributed by atoms with Crippen LogP contribution < -0.4 is 9.62 Å². The minimum absolute atomic E-state index is 0.340. The summed E-state index contributed by atoms with van der Waals surface area (Å²) in [7, 11) is -3.33. The topological polar surface area (TPSA) is 78.4 Å². The molecule has 0 radical (unpaired) electrons. The third-order valence-corrected chi connectivity index (χ3v) is 6.98. The van der Waals surface area contributed by atoms with Gasteiger partial charge >= 0.3 is 0 Å². The Kier molecular flexibility index (Phi) is 4.92. The highest BCUT2D eigenvalue weighted by molar-refractivity contribution is 7.87. The SMILES string of the molecule is O=S(=O)(NCC1CN(c2ccc(C3CC3)nn2)C1)N1CCCCCC1. The highest BCUT2D eigenvalue weighted by atomic mass is 32.2. The van der Waals surface area contributed by atoms with E-state index in [0.29, 0.717) is 31.5 Å². The highest BCUT2D eigenvalue weighted by Gasteiger charge is 2.31. The molecule has 25 heavy (non-hydrogen) atoms. The van der Waals surface area contributed by atoms with Crippen LogP contribution in [0.3, 0.4) is 0 Å². The first-order valence-corrected chi connectivity index (χ1v) is 10.9. The standard InChI is InChI=1S/C17H27N5O2S/c23-25(24,22-9-3-1-2-4-10-22)18-11-14-12-21(13-14)17-8-7-16(19-20-17)15-5-6-15/h7-8,14-15,18H,1-6,9-13H2. The van der Waals surface area contributed by atoms with E-state index in [1.807, 2.05) is 6.07 Å². The average Bonchev–Trinajstić information content (AvgIpc) is 3.40. The van der Waals surface area contributed by atoms with E-state index < -0.39 is 10.2 Å². The molecule has 0 bridgehead atoms. The molecule has 3 heterocycles. The van der Waals surface area contributed by atoms with Gasteiger partial charge in [-0.1, -0.05) is 12.8 Å². The molecule has 3 fully saturated rings. The van der Waals surface area contributed by atoms with E-state index in [9.17, 15) is 8.42 Å². The fraction of sp³-hybridized carbons (Fsp3) is 0.765. The Hall–Kier alpha value is -1.25. The third kappa shape index (κ3) is 4.12. The van der Waals surface area contributed by atoms with Gasteiger partial charge in [-0.15, -0.1) is 5.10 Å². The van der Waals surface area contributed by atoms with Crippen LogP contribution in [0, 0.1) is 5.92 Å². The number of nitrogens with zero attached hydrogens (tertiary/aromatic N) is 4. The first-order chi connectivity index (χ1) is 12.1. The Morgan fingerprint density at radius 2 is 1.76 bits per heavy atom. The van der Waals surface area contributed by atoms with E-state index in [4.69, 9.17) is 0 Å². The highest BCUT2D eigenvalue weighted by Crippen LogP contribution is 2.38. The summed E-state index contributed by atoms with van der Waals surface area (Å²) in [5.41, 5.74) is 1.10. The van der Waals surface area contributed by atoms with Crippen molar-refractivity contribution < 1.29 is 8.42 Å². The zero-order chi connectivity index (χ0) is 17.3. The average molecular weight is 366 g/mol. The van der Waals surface area contributed by atoms with Crippen LogP contribution >= 0.6 is 0 Å². The van der Waals surface area contributed by atoms with Crippen molar-refractivity contribution in [2.75, 3.05) is 37.6 Å². The van der Waals surface area contributed by atoms with Gasteiger partial charge in [-0.05, 0) is 37.8 Å². The molecule has 2 saturated heterocycles. The van der Waals surface area contributed by atoms with Gasteiger partial charge in [0.15, 0.2) is 5.82 Å². The van der Waals surface area contributed by atoms with Crippen LogP contribution in [-0.2, 0) is 10.2 Å². The van der Waals surface area contributed by atoms with Crippen molar-refractivity contribution in [3.63, 3.8) is 0 Å². The molecule has 0 spiro atoms. The van der Waals surface area contributed by atoms with Crippen LogP contribution in [0.25, 0.3) is 0 Å². The van der Waals surface area contributed by atoms with Gasteiger partial charge in [0.25, 0.3) is 10.2 Å². The largest absolute Gasteiger partial charge is 0.354 e. The molecule has 2 aliphatic heterocycles. The van der Waals surface area contributed by atoms with Gasteiger partial charge in [0.1, 0.15) is 0 Å². The number of rotatable bonds is 6. The van der Waals surface area contributed by atoms with Gasteiger partial charge in [0.05, 0.1) is 5.69 Å². The number of nitrogens with one attached hydrogen (secondary N) is 1. The van der Waals surface area contributed by atoms with Gasteiger partial charge in [-0.2, -0.15) is 17.8 Å². The lowest BCUT2D eigenvalue weighted by molar-refractivity contribution is 0.380. The molecule has 3 aliphatic rings. The van der Waals surface area contributed by atoms with Gasteiger partial charge in [0, 0.05) is 44.6 Å².